The topological polar surface area (TPSA) is 94.6 Å². The zero-order valence-electron chi connectivity index (χ0n) is 19.6. The van der Waals surface area contributed by atoms with Crippen LogP contribution in [0.2, 0.25) is 5.02 Å². The van der Waals surface area contributed by atoms with Gasteiger partial charge in [0.1, 0.15) is 0 Å². The monoisotopic (exact) mass is 476 g/mol. The average Bonchev–Trinajstić information content (AvgIpc) is 3.23. The van der Waals surface area contributed by atoms with Crippen LogP contribution in [0.1, 0.15) is 25.1 Å². The van der Waals surface area contributed by atoms with Gasteiger partial charge in [-0.15, -0.1) is 10.2 Å². The Hall–Kier alpha value is -3.23. The standard InChI is InChI=1S/C25H29ClN8/c1-15(2)22-14-34(11-10-27-22)25-24(28-13-18-6-4-5-7-20(18)26)33-32-23(29-25)17-8-9-21-19(12-17)16(3)30-31-21/h4-9,12,15,22,27H,10-11,13-14H2,1-3H3,(H,28,33)(H,30,31). The summed E-state index contributed by atoms with van der Waals surface area (Å²) in [6.07, 6.45) is 0. The molecule has 4 aromatic rings. The Morgan fingerprint density at radius 3 is 2.85 bits per heavy atom. The van der Waals surface area contributed by atoms with Gasteiger partial charge in [0.25, 0.3) is 0 Å². The van der Waals surface area contributed by atoms with Crippen LogP contribution in [0.4, 0.5) is 11.6 Å². The molecule has 9 heteroatoms. The van der Waals surface area contributed by atoms with E-state index in [0.29, 0.717) is 30.1 Å². The SMILES string of the molecule is Cc1[nH]nc2ccc(-c3nnc(NCc4ccccc4Cl)c(N4CCNC(C(C)C)C4)n3)cc12. The Kier molecular flexibility index (Phi) is 6.34. The van der Waals surface area contributed by atoms with Crippen LogP contribution in [-0.4, -0.2) is 51.1 Å². The zero-order valence-corrected chi connectivity index (χ0v) is 20.4. The second kappa shape index (κ2) is 9.56. The molecule has 34 heavy (non-hydrogen) atoms. The summed E-state index contributed by atoms with van der Waals surface area (Å²) in [5.74, 6) is 2.59. The van der Waals surface area contributed by atoms with Gasteiger partial charge in [-0.25, -0.2) is 4.98 Å². The van der Waals surface area contributed by atoms with E-state index in [1.807, 2.05) is 43.3 Å². The first-order valence-electron chi connectivity index (χ1n) is 11.6. The molecule has 0 amide bonds. The fraction of sp³-hybridized carbons (Fsp3) is 0.360. The van der Waals surface area contributed by atoms with E-state index in [2.05, 4.69) is 55.8 Å². The number of hydrogen-bond acceptors (Lipinski definition) is 7. The summed E-state index contributed by atoms with van der Waals surface area (Å²) in [4.78, 5) is 7.32. The first-order chi connectivity index (χ1) is 16.5. The van der Waals surface area contributed by atoms with Crippen molar-refractivity contribution < 1.29 is 0 Å². The van der Waals surface area contributed by atoms with Gasteiger partial charge < -0.3 is 15.5 Å². The molecule has 1 aliphatic rings. The third-order valence-corrected chi connectivity index (χ3v) is 6.75. The first-order valence-corrected chi connectivity index (χ1v) is 12.0. The molecule has 0 radical (unpaired) electrons. The Morgan fingerprint density at radius 2 is 2.03 bits per heavy atom. The molecule has 3 heterocycles. The normalized spacial score (nSPS) is 16.4. The lowest BCUT2D eigenvalue weighted by atomic mass is 10.0. The van der Waals surface area contributed by atoms with Crippen molar-refractivity contribution in [1.82, 2.24) is 30.7 Å². The first kappa shape index (κ1) is 22.6. The fourth-order valence-corrected chi connectivity index (χ4v) is 4.49. The molecule has 1 aliphatic heterocycles. The number of fused-ring (bicyclic) bond motifs is 1. The minimum Gasteiger partial charge on any atom is -0.361 e. The van der Waals surface area contributed by atoms with Gasteiger partial charge in [-0.1, -0.05) is 43.6 Å². The molecule has 1 unspecified atom stereocenters. The number of halogens is 1. The van der Waals surface area contributed by atoms with Crippen molar-refractivity contribution in [2.75, 3.05) is 29.9 Å². The Morgan fingerprint density at radius 1 is 1.18 bits per heavy atom. The molecule has 176 valence electrons. The second-order valence-electron chi connectivity index (χ2n) is 9.08. The van der Waals surface area contributed by atoms with Crippen molar-refractivity contribution in [3.05, 3.63) is 58.7 Å². The maximum absolute atomic E-state index is 6.37. The van der Waals surface area contributed by atoms with E-state index < -0.39 is 0 Å². The second-order valence-corrected chi connectivity index (χ2v) is 9.49. The molecule has 1 fully saturated rings. The van der Waals surface area contributed by atoms with Gasteiger partial charge in [0.05, 0.1) is 5.52 Å². The molecule has 0 bridgehead atoms. The van der Waals surface area contributed by atoms with Gasteiger partial charge in [-0.2, -0.15) is 5.10 Å². The number of nitrogens with zero attached hydrogens (tertiary/aromatic N) is 5. The third kappa shape index (κ3) is 4.56. The van der Waals surface area contributed by atoms with Crippen LogP contribution in [0, 0.1) is 12.8 Å². The van der Waals surface area contributed by atoms with Crippen molar-refractivity contribution in [3.63, 3.8) is 0 Å². The van der Waals surface area contributed by atoms with Gasteiger partial charge in [0.15, 0.2) is 17.5 Å². The highest BCUT2D eigenvalue weighted by molar-refractivity contribution is 6.31. The van der Waals surface area contributed by atoms with Crippen molar-refractivity contribution in [2.24, 2.45) is 5.92 Å². The predicted molar refractivity (Wildman–Crippen MR) is 137 cm³/mol. The maximum atomic E-state index is 6.37. The van der Waals surface area contributed by atoms with E-state index in [1.165, 1.54) is 0 Å². The van der Waals surface area contributed by atoms with Crippen molar-refractivity contribution in [3.8, 4) is 11.4 Å². The van der Waals surface area contributed by atoms with Crippen LogP contribution >= 0.6 is 11.6 Å². The largest absolute Gasteiger partial charge is 0.361 e. The average molecular weight is 477 g/mol. The lowest BCUT2D eigenvalue weighted by molar-refractivity contribution is 0.367. The Balaban J connectivity index is 1.51. The molecular weight excluding hydrogens is 448 g/mol. The summed E-state index contributed by atoms with van der Waals surface area (Å²) in [6.45, 7) is 9.64. The highest BCUT2D eigenvalue weighted by Crippen LogP contribution is 2.29. The summed E-state index contributed by atoms with van der Waals surface area (Å²) < 4.78 is 0. The molecular formula is C25H29ClN8. The number of hydrogen-bond donors (Lipinski definition) is 3. The van der Waals surface area contributed by atoms with Crippen LogP contribution in [0.15, 0.2) is 42.5 Å². The van der Waals surface area contributed by atoms with Gasteiger partial charge >= 0.3 is 0 Å². The molecule has 8 nitrogen and oxygen atoms in total. The van der Waals surface area contributed by atoms with Gasteiger partial charge in [-0.3, -0.25) is 5.10 Å². The van der Waals surface area contributed by atoms with Crippen molar-refractivity contribution in [2.45, 2.75) is 33.4 Å². The predicted octanol–water partition coefficient (Wildman–Crippen LogP) is 4.42. The minimum absolute atomic E-state index is 0.383. The Bertz CT molecular complexity index is 1300. The minimum atomic E-state index is 0.383. The van der Waals surface area contributed by atoms with E-state index in [-0.39, 0.29) is 0 Å². The van der Waals surface area contributed by atoms with E-state index >= 15 is 0 Å². The fourth-order valence-electron chi connectivity index (χ4n) is 4.29. The van der Waals surface area contributed by atoms with Crippen LogP contribution in [0.3, 0.4) is 0 Å². The van der Waals surface area contributed by atoms with Crippen molar-refractivity contribution >= 4 is 34.1 Å². The van der Waals surface area contributed by atoms with Gasteiger partial charge in [-0.05, 0) is 42.7 Å². The molecule has 2 aromatic carbocycles. The van der Waals surface area contributed by atoms with Gasteiger partial charge in [0, 0.05) is 53.9 Å². The summed E-state index contributed by atoms with van der Waals surface area (Å²) >= 11 is 6.37. The molecule has 2 aromatic heterocycles. The highest BCUT2D eigenvalue weighted by Gasteiger charge is 2.26. The number of aromatic nitrogens is 5. The number of nitrogens with one attached hydrogen (secondary N) is 3. The van der Waals surface area contributed by atoms with Crippen LogP contribution in [0.5, 0.6) is 0 Å². The molecule has 1 saturated heterocycles. The summed E-state index contributed by atoms with van der Waals surface area (Å²) in [7, 11) is 0. The number of H-pyrrole nitrogens is 1. The number of aryl methyl sites for hydroxylation is 1. The van der Waals surface area contributed by atoms with Gasteiger partial charge in [0.2, 0.25) is 0 Å². The molecule has 0 spiro atoms. The number of aromatic amines is 1. The van der Waals surface area contributed by atoms with E-state index in [4.69, 9.17) is 16.6 Å². The summed E-state index contributed by atoms with van der Waals surface area (Å²) in [6, 6.07) is 14.2. The lowest BCUT2D eigenvalue weighted by Crippen LogP contribution is -2.53. The maximum Gasteiger partial charge on any atom is 0.192 e. The molecule has 0 saturated carbocycles. The quantitative estimate of drug-likeness (QED) is 0.379. The smallest absolute Gasteiger partial charge is 0.192 e. The molecule has 0 aliphatic carbocycles. The van der Waals surface area contributed by atoms with Crippen LogP contribution in [0.25, 0.3) is 22.3 Å². The summed E-state index contributed by atoms with van der Waals surface area (Å²) in [5.41, 5.74) is 3.86. The number of piperazine rings is 1. The van der Waals surface area contributed by atoms with E-state index in [9.17, 15) is 0 Å². The van der Waals surface area contributed by atoms with E-state index in [1.54, 1.807) is 0 Å². The molecule has 1 atom stereocenters. The number of rotatable bonds is 6. The molecule has 5 rings (SSSR count). The van der Waals surface area contributed by atoms with Crippen molar-refractivity contribution in [1.29, 1.82) is 0 Å². The molecule has 3 N–H and O–H groups in total. The number of anilines is 2. The number of benzene rings is 2. The lowest BCUT2D eigenvalue weighted by Gasteiger charge is -2.37. The Labute approximate surface area is 204 Å². The zero-order chi connectivity index (χ0) is 23.7. The van der Waals surface area contributed by atoms with E-state index in [0.717, 1.165) is 58.2 Å². The summed E-state index contributed by atoms with van der Waals surface area (Å²) in [5, 5.41) is 25.3. The third-order valence-electron chi connectivity index (χ3n) is 6.38. The van der Waals surface area contributed by atoms with Crippen LogP contribution in [-0.2, 0) is 6.54 Å². The highest BCUT2D eigenvalue weighted by atomic mass is 35.5. The van der Waals surface area contributed by atoms with Crippen LogP contribution < -0.4 is 15.5 Å².